The fourth-order valence-electron chi connectivity index (χ4n) is 1.35. The quantitative estimate of drug-likeness (QED) is 0.735. The van der Waals surface area contributed by atoms with Crippen molar-refractivity contribution >= 4 is 11.9 Å². The van der Waals surface area contributed by atoms with Gasteiger partial charge in [-0.2, -0.15) is 0 Å². The summed E-state index contributed by atoms with van der Waals surface area (Å²) in [4.78, 5) is 21.6. The number of carbonyl (C=O) groups excluding carboxylic acids is 1. The second kappa shape index (κ2) is 3.73. The molecule has 2 rings (SSSR count). The van der Waals surface area contributed by atoms with E-state index in [1.807, 2.05) is 0 Å². The number of carbonyl (C=O) groups is 2. The van der Waals surface area contributed by atoms with Crippen LogP contribution in [-0.2, 0) is 4.79 Å². The summed E-state index contributed by atoms with van der Waals surface area (Å²) in [7, 11) is 0. The lowest BCUT2D eigenvalue weighted by Crippen LogP contribution is -2.36. The van der Waals surface area contributed by atoms with E-state index in [1.54, 1.807) is 0 Å². The van der Waals surface area contributed by atoms with Gasteiger partial charge in [-0.1, -0.05) is 0 Å². The van der Waals surface area contributed by atoms with Gasteiger partial charge in [0.15, 0.2) is 11.5 Å². The fourth-order valence-corrected chi connectivity index (χ4v) is 1.35. The molecule has 3 N–H and O–H groups in total. The standard InChI is InChI=1S/C10H9NO5/c11-9(12)5-1-2-6-7(3-5)16-8(4-15-6)10(13)14/h1-3,8H,4H2,(H2,11,12)(H,13,14). The Balaban J connectivity index is 2.32. The van der Waals surface area contributed by atoms with Gasteiger partial charge >= 0.3 is 5.97 Å². The molecule has 84 valence electrons. The van der Waals surface area contributed by atoms with E-state index in [0.717, 1.165) is 0 Å². The predicted molar refractivity (Wildman–Crippen MR) is 52.5 cm³/mol. The van der Waals surface area contributed by atoms with Gasteiger partial charge in [0.1, 0.15) is 6.61 Å². The number of amides is 1. The molecular formula is C10H9NO5. The molecule has 1 heterocycles. The molecule has 1 unspecified atom stereocenters. The Morgan fingerprint density at radius 2 is 2.12 bits per heavy atom. The van der Waals surface area contributed by atoms with Crippen molar-refractivity contribution in [1.82, 2.24) is 0 Å². The number of ether oxygens (including phenoxy) is 2. The molecule has 1 aliphatic rings. The summed E-state index contributed by atoms with van der Waals surface area (Å²) >= 11 is 0. The minimum atomic E-state index is -1.12. The molecule has 0 fully saturated rings. The zero-order chi connectivity index (χ0) is 11.7. The summed E-state index contributed by atoms with van der Waals surface area (Å²) in [6, 6.07) is 4.38. The first-order chi connectivity index (χ1) is 7.58. The summed E-state index contributed by atoms with van der Waals surface area (Å²) in [6.45, 7) is -0.0573. The average molecular weight is 223 g/mol. The average Bonchev–Trinajstić information content (AvgIpc) is 2.27. The van der Waals surface area contributed by atoms with Crippen LogP contribution in [-0.4, -0.2) is 29.7 Å². The number of hydrogen-bond acceptors (Lipinski definition) is 4. The van der Waals surface area contributed by atoms with Crippen LogP contribution in [0.1, 0.15) is 10.4 Å². The molecule has 6 nitrogen and oxygen atoms in total. The third-order valence-corrected chi connectivity index (χ3v) is 2.16. The topological polar surface area (TPSA) is 98.9 Å². The zero-order valence-corrected chi connectivity index (χ0v) is 8.17. The number of aliphatic carboxylic acids is 1. The van der Waals surface area contributed by atoms with Crippen LogP contribution in [0.25, 0.3) is 0 Å². The molecule has 0 aromatic heterocycles. The maximum Gasteiger partial charge on any atom is 0.348 e. The molecule has 6 heteroatoms. The summed E-state index contributed by atoms with van der Waals surface area (Å²) in [5, 5.41) is 8.75. The van der Waals surface area contributed by atoms with Crippen molar-refractivity contribution in [3.05, 3.63) is 23.8 Å². The lowest BCUT2D eigenvalue weighted by molar-refractivity contribution is -0.147. The predicted octanol–water partition coefficient (Wildman–Crippen LogP) is 0.00990. The van der Waals surface area contributed by atoms with Crippen molar-refractivity contribution in [1.29, 1.82) is 0 Å². The molecule has 0 bridgehead atoms. The van der Waals surface area contributed by atoms with E-state index in [0.29, 0.717) is 5.75 Å². The van der Waals surface area contributed by atoms with Crippen molar-refractivity contribution in [3.63, 3.8) is 0 Å². The minimum Gasteiger partial charge on any atom is -0.485 e. The van der Waals surface area contributed by atoms with E-state index >= 15 is 0 Å². The van der Waals surface area contributed by atoms with Crippen molar-refractivity contribution in [3.8, 4) is 11.5 Å². The minimum absolute atomic E-state index is 0.0573. The Morgan fingerprint density at radius 3 is 2.75 bits per heavy atom. The molecule has 0 saturated heterocycles. The van der Waals surface area contributed by atoms with Crippen molar-refractivity contribution in [2.75, 3.05) is 6.61 Å². The molecule has 1 amide bonds. The monoisotopic (exact) mass is 223 g/mol. The Hall–Kier alpha value is -2.24. The maximum atomic E-state index is 10.9. The second-order valence-corrected chi connectivity index (χ2v) is 3.28. The highest BCUT2D eigenvalue weighted by atomic mass is 16.6. The van der Waals surface area contributed by atoms with Crippen LogP contribution in [0.15, 0.2) is 18.2 Å². The van der Waals surface area contributed by atoms with Crippen molar-refractivity contribution in [2.24, 2.45) is 5.73 Å². The van der Waals surface area contributed by atoms with E-state index in [9.17, 15) is 9.59 Å². The van der Waals surface area contributed by atoms with Gasteiger partial charge in [0, 0.05) is 5.56 Å². The van der Waals surface area contributed by atoms with Gasteiger partial charge in [-0.25, -0.2) is 4.79 Å². The Morgan fingerprint density at radius 1 is 1.38 bits per heavy atom. The maximum absolute atomic E-state index is 10.9. The second-order valence-electron chi connectivity index (χ2n) is 3.28. The van der Waals surface area contributed by atoms with Gasteiger partial charge in [-0.15, -0.1) is 0 Å². The first kappa shape index (κ1) is 10.3. The van der Waals surface area contributed by atoms with Crippen LogP contribution < -0.4 is 15.2 Å². The van der Waals surface area contributed by atoms with E-state index < -0.39 is 18.0 Å². The van der Waals surface area contributed by atoms with Gasteiger partial charge < -0.3 is 20.3 Å². The molecular weight excluding hydrogens is 214 g/mol. The molecule has 1 aromatic rings. The van der Waals surface area contributed by atoms with Gasteiger partial charge in [-0.05, 0) is 18.2 Å². The van der Waals surface area contributed by atoms with Gasteiger partial charge in [0.2, 0.25) is 12.0 Å². The molecule has 1 aromatic carbocycles. The Bertz CT molecular complexity index is 457. The van der Waals surface area contributed by atoms with Crippen molar-refractivity contribution in [2.45, 2.75) is 6.10 Å². The number of primary amides is 1. The summed E-state index contributed by atoms with van der Waals surface area (Å²) in [5.41, 5.74) is 5.33. The zero-order valence-electron chi connectivity index (χ0n) is 8.17. The molecule has 0 radical (unpaired) electrons. The molecule has 0 aliphatic carbocycles. The smallest absolute Gasteiger partial charge is 0.348 e. The van der Waals surface area contributed by atoms with Crippen molar-refractivity contribution < 1.29 is 24.2 Å². The van der Waals surface area contributed by atoms with E-state index in [4.69, 9.17) is 20.3 Å². The number of carboxylic acids is 1. The Kier molecular flexibility index (Phi) is 2.40. The van der Waals surface area contributed by atoms with Crippen LogP contribution in [0.4, 0.5) is 0 Å². The number of carboxylic acid groups (broad SMARTS) is 1. The molecule has 1 aliphatic heterocycles. The fraction of sp³-hybridized carbons (Fsp3) is 0.200. The van der Waals surface area contributed by atoms with Crippen LogP contribution in [0.5, 0.6) is 11.5 Å². The summed E-state index contributed by atoms with van der Waals surface area (Å²) in [5.74, 6) is -1.10. The van der Waals surface area contributed by atoms with E-state index in [2.05, 4.69) is 0 Å². The van der Waals surface area contributed by atoms with E-state index in [-0.39, 0.29) is 17.9 Å². The molecule has 0 saturated carbocycles. The SMILES string of the molecule is NC(=O)c1ccc2c(c1)OC(C(=O)O)CO2. The third-order valence-electron chi connectivity index (χ3n) is 2.16. The largest absolute Gasteiger partial charge is 0.485 e. The molecule has 16 heavy (non-hydrogen) atoms. The third kappa shape index (κ3) is 1.77. The van der Waals surface area contributed by atoms with Gasteiger partial charge in [0.25, 0.3) is 0 Å². The van der Waals surface area contributed by atoms with Crippen LogP contribution in [0.2, 0.25) is 0 Å². The Labute approximate surface area is 90.6 Å². The normalized spacial score (nSPS) is 17.9. The highest BCUT2D eigenvalue weighted by molar-refractivity contribution is 5.93. The first-order valence-corrected chi connectivity index (χ1v) is 4.54. The number of nitrogens with two attached hydrogens (primary N) is 1. The number of fused-ring (bicyclic) bond motifs is 1. The van der Waals surface area contributed by atoms with Crippen LogP contribution >= 0.6 is 0 Å². The van der Waals surface area contributed by atoms with Crippen LogP contribution in [0.3, 0.4) is 0 Å². The van der Waals surface area contributed by atoms with E-state index in [1.165, 1.54) is 18.2 Å². The summed E-state index contributed by atoms with van der Waals surface area (Å²) in [6.07, 6.45) is -1.06. The van der Waals surface area contributed by atoms with Gasteiger partial charge in [0.05, 0.1) is 0 Å². The lowest BCUT2D eigenvalue weighted by Gasteiger charge is -2.23. The number of hydrogen-bond donors (Lipinski definition) is 2. The molecule has 0 spiro atoms. The number of rotatable bonds is 2. The van der Waals surface area contributed by atoms with Gasteiger partial charge in [-0.3, -0.25) is 4.79 Å². The summed E-state index contributed by atoms with van der Waals surface area (Å²) < 4.78 is 10.3. The first-order valence-electron chi connectivity index (χ1n) is 4.54. The lowest BCUT2D eigenvalue weighted by atomic mass is 10.2. The number of benzene rings is 1. The molecule has 1 atom stereocenters. The highest BCUT2D eigenvalue weighted by Crippen LogP contribution is 2.32. The van der Waals surface area contributed by atoms with Crippen LogP contribution in [0, 0.1) is 0 Å². The highest BCUT2D eigenvalue weighted by Gasteiger charge is 2.27.